The third-order valence-electron chi connectivity index (χ3n) is 4.11. The number of rotatable bonds is 4. The molecule has 1 aromatic rings. The van der Waals surface area contributed by atoms with Crippen LogP contribution in [0.4, 0.5) is 0 Å². The molecule has 0 bridgehead atoms. The number of hydrogen-bond donors (Lipinski definition) is 0. The van der Waals surface area contributed by atoms with Crippen LogP contribution in [0.5, 0.6) is 5.75 Å². The Kier molecular flexibility index (Phi) is 5.62. The number of hydrogen-bond acceptors (Lipinski definition) is 4. The third kappa shape index (κ3) is 4.10. The van der Waals surface area contributed by atoms with Crippen molar-refractivity contribution in [2.75, 3.05) is 19.7 Å². The zero-order valence-corrected chi connectivity index (χ0v) is 16.3. The number of ether oxygens (including phenoxy) is 2. The van der Waals surface area contributed by atoms with Gasteiger partial charge in [0.2, 0.25) is 10.0 Å². The summed E-state index contributed by atoms with van der Waals surface area (Å²) in [5.74, 6) is 0.414. The molecule has 0 amide bonds. The van der Waals surface area contributed by atoms with Crippen molar-refractivity contribution >= 4 is 10.0 Å². The van der Waals surface area contributed by atoms with Crippen LogP contribution in [0.25, 0.3) is 0 Å². The van der Waals surface area contributed by atoms with Crippen LogP contribution in [-0.2, 0) is 20.2 Å². The zero-order chi connectivity index (χ0) is 18.1. The molecule has 0 aromatic heterocycles. The van der Waals surface area contributed by atoms with Crippen LogP contribution in [0.3, 0.4) is 0 Å². The second kappa shape index (κ2) is 7.02. The van der Waals surface area contributed by atoms with E-state index in [1.165, 1.54) is 4.31 Å². The van der Waals surface area contributed by atoms with Crippen molar-refractivity contribution < 1.29 is 17.9 Å². The summed E-state index contributed by atoms with van der Waals surface area (Å²) in [4.78, 5) is 0.248. The molecule has 1 aliphatic rings. The van der Waals surface area contributed by atoms with E-state index in [-0.39, 0.29) is 22.5 Å². The molecule has 1 heterocycles. The summed E-state index contributed by atoms with van der Waals surface area (Å²) >= 11 is 0. The third-order valence-corrected chi connectivity index (χ3v) is 5.97. The van der Waals surface area contributed by atoms with Gasteiger partial charge in [-0.15, -0.1) is 0 Å². The largest absolute Gasteiger partial charge is 0.492 e. The van der Waals surface area contributed by atoms with Gasteiger partial charge in [-0.25, -0.2) is 8.42 Å². The molecule has 1 fully saturated rings. The number of morpholine rings is 1. The number of sulfonamides is 1. The smallest absolute Gasteiger partial charge is 0.246 e. The maximum absolute atomic E-state index is 13.2. The molecule has 2 rings (SSSR count). The summed E-state index contributed by atoms with van der Waals surface area (Å²) in [7, 11) is -3.64. The lowest BCUT2D eigenvalue weighted by Gasteiger charge is -2.35. The van der Waals surface area contributed by atoms with Gasteiger partial charge in [-0.3, -0.25) is 0 Å². The van der Waals surface area contributed by atoms with Crippen molar-refractivity contribution in [2.24, 2.45) is 0 Å². The summed E-state index contributed by atoms with van der Waals surface area (Å²) in [6.07, 6.45) is -0.241. The predicted molar refractivity (Wildman–Crippen MR) is 95.1 cm³/mol. The van der Waals surface area contributed by atoms with Gasteiger partial charge in [-0.05, 0) is 43.9 Å². The van der Waals surface area contributed by atoms with Crippen LogP contribution in [0.2, 0.25) is 0 Å². The molecule has 0 aliphatic carbocycles. The van der Waals surface area contributed by atoms with E-state index in [0.717, 1.165) is 5.56 Å². The van der Waals surface area contributed by atoms with E-state index in [4.69, 9.17) is 9.47 Å². The average molecular weight is 356 g/mol. The standard InChI is InChI=1S/C18H29NO4S/c1-7-22-16-9-8-15(18(4,5)6)10-17(16)24(20,21)19-11-13(2)23-14(3)12-19/h8-10,13-14H,7,11-12H2,1-6H3/t13-,14+. The van der Waals surface area contributed by atoms with E-state index < -0.39 is 10.0 Å². The summed E-state index contributed by atoms with van der Waals surface area (Å²) < 4.78 is 39.3. The minimum absolute atomic E-state index is 0.120. The monoisotopic (exact) mass is 355 g/mol. The van der Waals surface area contributed by atoms with E-state index in [0.29, 0.717) is 25.4 Å². The lowest BCUT2D eigenvalue weighted by atomic mass is 9.87. The molecule has 0 saturated carbocycles. The first-order valence-corrected chi connectivity index (χ1v) is 9.92. The highest BCUT2D eigenvalue weighted by molar-refractivity contribution is 7.89. The molecule has 6 heteroatoms. The molecule has 0 spiro atoms. The van der Waals surface area contributed by atoms with E-state index in [2.05, 4.69) is 20.8 Å². The second-order valence-electron chi connectivity index (χ2n) is 7.42. The van der Waals surface area contributed by atoms with Gasteiger partial charge in [-0.2, -0.15) is 4.31 Å². The fraction of sp³-hybridized carbons (Fsp3) is 0.667. The highest BCUT2D eigenvalue weighted by Gasteiger charge is 2.34. The Balaban J connectivity index is 2.50. The molecule has 136 valence electrons. The fourth-order valence-electron chi connectivity index (χ4n) is 2.92. The summed E-state index contributed by atoms with van der Waals surface area (Å²) in [6.45, 7) is 13.0. The second-order valence-corrected chi connectivity index (χ2v) is 9.33. The van der Waals surface area contributed by atoms with E-state index in [1.807, 2.05) is 26.8 Å². The van der Waals surface area contributed by atoms with Gasteiger partial charge in [0, 0.05) is 13.1 Å². The fourth-order valence-corrected chi connectivity index (χ4v) is 4.66. The Hall–Kier alpha value is -1.11. The van der Waals surface area contributed by atoms with Gasteiger partial charge in [0.15, 0.2) is 0 Å². The molecule has 0 unspecified atom stereocenters. The van der Waals surface area contributed by atoms with Crippen LogP contribution in [0.15, 0.2) is 23.1 Å². The van der Waals surface area contributed by atoms with Gasteiger partial charge in [0.1, 0.15) is 10.6 Å². The predicted octanol–water partition coefficient (Wildman–Crippen LogP) is 3.18. The molecule has 0 N–H and O–H groups in total. The number of benzene rings is 1. The van der Waals surface area contributed by atoms with Crippen LogP contribution in [0.1, 0.15) is 47.1 Å². The minimum Gasteiger partial charge on any atom is -0.492 e. The molecular formula is C18H29NO4S. The van der Waals surface area contributed by atoms with Crippen molar-refractivity contribution in [2.45, 2.75) is 64.1 Å². The van der Waals surface area contributed by atoms with Crippen LogP contribution in [0, 0.1) is 0 Å². The van der Waals surface area contributed by atoms with Crippen LogP contribution in [-0.4, -0.2) is 44.6 Å². The van der Waals surface area contributed by atoms with Gasteiger partial charge < -0.3 is 9.47 Å². The maximum atomic E-state index is 13.2. The molecule has 1 aromatic carbocycles. The normalized spacial score (nSPS) is 23.2. The Labute approximate surface area is 146 Å². The van der Waals surface area contributed by atoms with Crippen molar-refractivity contribution in [3.05, 3.63) is 23.8 Å². The van der Waals surface area contributed by atoms with E-state index in [1.54, 1.807) is 12.1 Å². The molecule has 2 atom stereocenters. The highest BCUT2D eigenvalue weighted by atomic mass is 32.2. The molecule has 24 heavy (non-hydrogen) atoms. The first kappa shape index (κ1) is 19.2. The SMILES string of the molecule is CCOc1ccc(C(C)(C)C)cc1S(=O)(=O)N1C[C@@H](C)O[C@@H](C)C1. The molecule has 1 saturated heterocycles. The summed E-state index contributed by atoms with van der Waals surface area (Å²) in [5.41, 5.74) is 0.833. The first-order chi connectivity index (χ1) is 11.1. The first-order valence-electron chi connectivity index (χ1n) is 8.48. The van der Waals surface area contributed by atoms with Crippen molar-refractivity contribution in [1.82, 2.24) is 4.31 Å². The van der Waals surface area contributed by atoms with Gasteiger partial charge in [0.25, 0.3) is 0 Å². The van der Waals surface area contributed by atoms with Crippen molar-refractivity contribution in [3.63, 3.8) is 0 Å². The van der Waals surface area contributed by atoms with Gasteiger partial charge >= 0.3 is 0 Å². The van der Waals surface area contributed by atoms with Crippen molar-refractivity contribution in [3.8, 4) is 5.75 Å². The molecule has 5 nitrogen and oxygen atoms in total. The lowest BCUT2D eigenvalue weighted by molar-refractivity contribution is -0.0441. The van der Waals surface area contributed by atoms with Crippen molar-refractivity contribution in [1.29, 1.82) is 0 Å². The minimum atomic E-state index is -3.64. The van der Waals surface area contributed by atoms with Gasteiger partial charge in [-0.1, -0.05) is 26.8 Å². The maximum Gasteiger partial charge on any atom is 0.246 e. The van der Waals surface area contributed by atoms with Crippen LogP contribution < -0.4 is 4.74 Å². The van der Waals surface area contributed by atoms with E-state index >= 15 is 0 Å². The van der Waals surface area contributed by atoms with Crippen LogP contribution >= 0.6 is 0 Å². The topological polar surface area (TPSA) is 55.8 Å². The quantitative estimate of drug-likeness (QED) is 0.832. The molecule has 0 radical (unpaired) electrons. The Morgan fingerprint density at radius 1 is 1.21 bits per heavy atom. The molecule has 1 aliphatic heterocycles. The summed E-state index contributed by atoms with van der Waals surface area (Å²) in [5, 5.41) is 0. The Morgan fingerprint density at radius 2 is 1.79 bits per heavy atom. The van der Waals surface area contributed by atoms with Gasteiger partial charge in [0.05, 0.1) is 18.8 Å². The average Bonchev–Trinajstić information content (AvgIpc) is 2.45. The Morgan fingerprint density at radius 3 is 2.29 bits per heavy atom. The zero-order valence-electron chi connectivity index (χ0n) is 15.5. The lowest BCUT2D eigenvalue weighted by Crippen LogP contribution is -2.48. The summed E-state index contributed by atoms with van der Waals surface area (Å²) in [6, 6.07) is 5.46. The molecular weight excluding hydrogens is 326 g/mol. The van der Waals surface area contributed by atoms with E-state index in [9.17, 15) is 8.42 Å². The number of nitrogens with zero attached hydrogens (tertiary/aromatic N) is 1. The Bertz CT molecular complexity index is 669. The highest BCUT2D eigenvalue weighted by Crippen LogP contribution is 2.33.